The van der Waals surface area contributed by atoms with Crippen molar-refractivity contribution in [3.05, 3.63) is 46.5 Å². The Labute approximate surface area is 186 Å². The molecule has 4 rings (SSSR count). The van der Waals surface area contributed by atoms with Crippen LogP contribution in [0, 0.1) is 17.1 Å². The maximum atomic E-state index is 13.6. The molecule has 2 aromatic rings. The van der Waals surface area contributed by atoms with Gasteiger partial charge < -0.3 is 10.2 Å². The molecule has 0 radical (unpaired) electrons. The number of nitrogens with one attached hydrogen (secondary N) is 1. The summed E-state index contributed by atoms with van der Waals surface area (Å²) in [7, 11) is 1.77. The van der Waals surface area contributed by atoms with E-state index in [9.17, 15) is 14.0 Å². The summed E-state index contributed by atoms with van der Waals surface area (Å²) in [6, 6.07) is 5.14. The van der Waals surface area contributed by atoms with Crippen LogP contribution in [0.1, 0.15) is 47.6 Å². The molecule has 0 saturated heterocycles. The van der Waals surface area contributed by atoms with Crippen molar-refractivity contribution >= 4 is 17.6 Å². The number of carbonyl (C=O) groups excluding carboxylic acids is 2. The van der Waals surface area contributed by atoms with E-state index in [1.807, 2.05) is 11.9 Å². The van der Waals surface area contributed by atoms with Crippen LogP contribution in [0.3, 0.4) is 0 Å². The number of hydrogen-bond acceptors (Lipinski definition) is 5. The molecule has 1 unspecified atom stereocenters. The summed E-state index contributed by atoms with van der Waals surface area (Å²) in [5.74, 6) is -0.763. The zero-order valence-electron chi connectivity index (χ0n) is 18.4. The van der Waals surface area contributed by atoms with E-state index < -0.39 is 5.82 Å². The minimum atomic E-state index is -0.635. The first-order valence-electron chi connectivity index (χ1n) is 10.7. The first-order chi connectivity index (χ1) is 15.3. The molecule has 9 nitrogen and oxygen atoms in total. The molecule has 10 heteroatoms. The van der Waals surface area contributed by atoms with E-state index in [-0.39, 0.29) is 30.1 Å². The molecule has 0 bridgehead atoms. The SMILES string of the molecule is CCCN1CCn2nc3c(c2C(=O)N1C)CN(C(=O)Nc1ccc(F)c(C#N)c1)C(C)C3. The fraction of sp³-hybridized carbons (Fsp3) is 0.455. The first kappa shape index (κ1) is 21.8. The van der Waals surface area contributed by atoms with Gasteiger partial charge in [0.05, 0.1) is 24.3 Å². The highest BCUT2D eigenvalue weighted by Gasteiger charge is 2.37. The number of halogens is 1. The van der Waals surface area contributed by atoms with Gasteiger partial charge in [0.1, 0.15) is 17.6 Å². The highest BCUT2D eigenvalue weighted by Crippen LogP contribution is 2.29. The number of urea groups is 1. The zero-order chi connectivity index (χ0) is 23.0. The van der Waals surface area contributed by atoms with Crippen molar-refractivity contribution in [3.63, 3.8) is 0 Å². The van der Waals surface area contributed by atoms with Gasteiger partial charge in [-0.25, -0.2) is 14.2 Å². The van der Waals surface area contributed by atoms with E-state index in [0.717, 1.165) is 30.3 Å². The van der Waals surface area contributed by atoms with Gasteiger partial charge in [0.15, 0.2) is 0 Å². The van der Waals surface area contributed by atoms with Crippen molar-refractivity contribution in [2.75, 3.05) is 25.5 Å². The molecule has 0 spiro atoms. The van der Waals surface area contributed by atoms with Crippen LogP contribution in [-0.2, 0) is 19.5 Å². The third-order valence-corrected chi connectivity index (χ3v) is 6.05. The summed E-state index contributed by atoms with van der Waals surface area (Å²) in [5.41, 5.74) is 2.34. The predicted molar refractivity (Wildman–Crippen MR) is 115 cm³/mol. The van der Waals surface area contributed by atoms with Gasteiger partial charge in [-0.15, -0.1) is 0 Å². The van der Waals surface area contributed by atoms with Gasteiger partial charge in [-0.05, 0) is 31.5 Å². The number of hydrazine groups is 1. The van der Waals surface area contributed by atoms with E-state index >= 15 is 0 Å². The van der Waals surface area contributed by atoms with E-state index in [4.69, 9.17) is 10.4 Å². The minimum absolute atomic E-state index is 0.128. The lowest BCUT2D eigenvalue weighted by Crippen LogP contribution is -2.46. The number of benzene rings is 1. The van der Waals surface area contributed by atoms with Crippen LogP contribution < -0.4 is 5.32 Å². The van der Waals surface area contributed by atoms with E-state index in [1.54, 1.807) is 27.7 Å². The molecule has 1 aromatic heterocycles. The van der Waals surface area contributed by atoms with Gasteiger partial charge in [-0.3, -0.25) is 14.5 Å². The molecular formula is C22H26FN7O2. The smallest absolute Gasteiger partial charge is 0.317 e. The monoisotopic (exact) mass is 439 g/mol. The third-order valence-electron chi connectivity index (χ3n) is 6.05. The molecule has 1 N–H and O–H groups in total. The van der Waals surface area contributed by atoms with E-state index in [0.29, 0.717) is 30.9 Å². The van der Waals surface area contributed by atoms with Gasteiger partial charge in [0.2, 0.25) is 0 Å². The molecular weight excluding hydrogens is 413 g/mol. The van der Waals surface area contributed by atoms with Crippen molar-refractivity contribution in [2.45, 2.75) is 45.8 Å². The highest BCUT2D eigenvalue weighted by atomic mass is 19.1. The lowest BCUT2D eigenvalue weighted by molar-refractivity contribution is 0.00824. The summed E-state index contributed by atoms with van der Waals surface area (Å²) < 4.78 is 15.4. The Hall–Kier alpha value is -3.45. The fourth-order valence-corrected chi connectivity index (χ4v) is 4.31. The molecule has 32 heavy (non-hydrogen) atoms. The molecule has 168 valence electrons. The van der Waals surface area contributed by atoms with Crippen LogP contribution in [0.4, 0.5) is 14.9 Å². The highest BCUT2D eigenvalue weighted by molar-refractivity contribution is 5.95. The number of nitrogens with zero attached hydrogens (tertiary/aromatic N) is 6. The van der Waals surface area contributed by atoms with Crippen LogP contribution >= 0.6 is 0 Å². The minimum Gasteiger partial charge on any atom is -0.317 e. The number of carbonyl (C=O) groups is 2. The standard InChI is InChI=1S/C22H26FN7O2/c1-4-7-28-8-9-30-20(21(31)27(28)3)17-13-29(14(2)10-19(17)26-30)22(32)25-16-5-6-18(23)15(11-16)12-24/h5-6,11,14H,4,7-10,13H2,1-3H3,(H,25,32). The molecule has 1 aromatic carbocycles. The first-order valence-corrected chi connectivity index (χ1v) is 10.7. The number of rotatable bonds is 3. The maximum absolute atomic E-state index is 13.6. The lowest BCUT2D eigenvalue weighted by Gasteiger charge is -2.34. The van der Waals surface area contributed by atoms with Crippen molar-refractivity contribution in [3.8, 4) is 6.07 Å². The molecule has 3 amide bonds. The third kappa shape index (κ3) is 3.80. The summed E-state index contributed by atoms with van der Waals surface area (Å²) in [6.45, 7) is 6.32. The normalized spacial score (nSPS) is 18.6. The summed E-state index contributed by atoms with van der Waals surface area (Å²) in [5, 5.41) is 20.1. The van der Waals surface area contributed by atoms with Gasteiger partial charge in [-0.1, -0.05) is 6.92 Å². The molecule has 0 aliphatic carbocycles. The molecule has 1 atom stereocenters. The second-order valence-electron chi connectivity index (χ2n) is 8.20. The summed E-state index contributed by atoms with van der Waals surface area (Å²) in [4.78, 5) is 27.9. The number of amides is 3. The predicted octanol–water partition coefficient (Wildman–Crippen LogP) is 2.59. The van der Waals surface area contributed by atoms with Gasteiger partial charge in [0.25, 0.3) is 5.91 Å². The topological polar surface area (TPSA) is 97.5 Å². The average molecular weight is 439 g/mol. The largest absolute Gasteiger partial charge is 0.322 e. The molecule has 3 heterocycles. The quantitative estimate of drug-likeness (QED) is 0.793. The average Bonchev–Trinajstić information content (AvgIpc) is 3.07. The van der Waals surface area contributed by atoms with Crippen LogP contribution in [-0.4, -0.2) is 62.8 Å². The summed E-state index contributed by atoms with van der Waals surface area (Å²) in [6.07, 6.45) is 1.46. The summed E-state index contributed by atoms with van der Waals surface area (Å²) >= 11 is 0. The number of fused-ring (bicyclic) bond motifs is 3. The Morgan fingerprint density at radius 1 is 1.38 bits per heavy atom. The van der Waals surface area contributed by atoms with Gasteiger partial charge in [-0.2, -0.15) is 10.4 Å². The van der Waals surface area contributed by atoms with Gasteiger partial charge in [0, 0.05) is 43.9 Å². The fourth-order valence-electron chi connectivity index (χ4n) is 4.31. The van der Waals surface area contributed by atoms with Crippen LogP contribution in [0.15, 0.2) is 18.2 Å². The Balaban J connectivity index is 1.59. The van der Waals surface area contributed by atoms with Gasteiger partial charge >= 0.3 is 6.03 Å². The van der Waals surface area contributed by atoms with Crippen molar-refractivity contribution < 1.29 is 14.0 Å². The second-order valence-corrected chi connectivity index (χ2v) is 8.20. The number of nitriles is 1. The lowest BCUT2D eigenvalue weighted by atomic mass is 9.99. The van der Waals surface area contributed by atoms with Crippen molar-refractivity contribution in [1.29, 1.82) is 5.26 Å². The van der Waals surface area contributed by atoms with Crippen molar-refractivity contribution in [2.24, 2.45) is 0 Å². The zero-order valence-corrected chi connectivity index (χ0v) is 18.4. The number of aromatic nitrogens is 2. The Kier molecular flexibility index (Phi) is 5.84. The number of hydrogen-bond donors (Lipinski definition) is 1. The second kappa shape index (κ2) is 8.59. The van der Waals surface area contributed by atoms with Crippen molar-refractivity contribution in [1.82, 2.24) is 24.7 Å². The Morgan fingerprint density at radius 2 is 2.16 bits per heavy atom. The molecule has 2 aliphatic rings. The molecule has 0 saturated carbocycles. The molecule has 2 aliphatic heterocycles. The van der Waals surface area contributed by atoms with E-state index in [1.165, 1.54) is 12.1 Å². The van der Waals surface area contributed by atoms with E-state index in [2.05, 4.69) is 12.2 Å². The molecule has 0 fully saturated rings. The number of anilines is 1. The maximum Gasteiger partial charge on any atom is 0.322 e. The van der Waals surface area contributed by atoms with Crippen LogP contribution in [0.2, 0.25) is 0 Å². The Bertz CT molecular complexity index is 1110. The van der Waals surface area contributed by atoms with Crippen LogP contribution in [0.25, 0.3) is 0 Å². The van der Waals surface area contributed by atoms with Crippen LogP contribution in [0.5, 0.6) is 0 Å². The Morgan fingerprint density at radius 3 is 2.88 bits per heavy atom.